The fraction of sp³-hybridized carbons (Fsp3) is 0. The van der Waals surface area contributed by atoms with Crippen molar-refractivity contribution in [1.29, 1.82) is 0 Å². The van der Waals surface area contributed by atoms with E-state index in [2.05, 4.69) is 4.98 Å². The van der Waals surface area contributed by atoms with Gasteiger partial charge in [-0.2, -0.15) is 0 Å². The molecule has 0 aliphatic heterocycles. The van der Waals surface area contributed by atoms with E-state index in [0.29, 0.717) is 0 Å². The second-order valence-electron chi connectivity index (χ2n) is 2.23. The van der Waals surface area contributed by atoms with Gasteiger partial charge in [-0.1, -0.05) is 12.2 Å². The maximum Gasteiger partial charge on any atom is 0.319 e. The van der Waals surface area contributed by atoms with Crippen LogP contribution in [0.5, 0.6) is 0 Å². The van der Waals surface area contributed by atoms with E-state index in [1.807, 2.05) is 5.32 Å². The topological polar surface area (TPSA) is 88.0 Å². The van der Waals surface area contributed by atoms with Crippen LogP contribution in [0.4, 0.5) is 4.79 Å². The predicted octanol–water partition coefficient (Wildman–Crippen LogP) is 0.553. The number of hydrogen-bond acceptors (Lipinski definition) is 3. The molecule has 13 heavy (non-hydrogen) atoms. The van der Waals surface area contributed by atoms with Crippen LogP contribution in [-0.4, -0.2) is 16.9 Å². The molecule has 0 spiro atoms. The van der Waals surface area contributed by atoms with E-state index in [1.165, 1.54) is 6.07 Å². The summed E-state index contributed by atoms with van der Waals surface area (Å²) in [5.41, 5.74) is 4.98. The van der Waals surface area contributed by atoms with Gasteiger partial charge in [0.15, 0.2) is 0 Å². The first kappa shape index (κ1) is 9.40. The van der Waals surface area contributed by atoms with Crippen LogP contribution in [0.2, 0.25) is 0 Å². The van der Waals surface area contributed by atoms with Crippen LogP contribution >= 0.6 is 12.2 Å². The Morgan fingerprint density at radius 1 is 1.54 bits per heavy atom. The number of H-pyrrole nitrogens is 1. The van der Waals surface area contributed by atoms with E-state index in [-0.39, 0.29) is 10.2 Å². The fourth-order valence-electron chi connectivity index (χ4n) is 0.780. The zero-order valence-corrected chi connectivity index (χ0v) is 7.35. The highest BCUT2D eigenvalue weighted by molar-refractivity contribution is 7.71. The molecule has 1 aromatic rings. The van der Waals surface area contributed by atoms with Crippen molar-refractivity contribution in [2.75, 3.05) is 0 Å². The largest absolute Gasteiger partial charge is 0.352 e. The number of urea groups is 1. The van der Waals surface area contributed by atoms with Crippen LogP contribution < -0.4 is 11.1 Å². The van der Waals surface area contributed by atoms with Crippen LogP contribution in [0.15, 0.2) is 18.3 Å². The summed E-state index contributed by atoms with van der Waals surface area (Å²) in [6.45, 7) is 0. The predicted molar refractivity (Wildman–Crippen MR) is 48.7 cm³/mol. The van der Waals surface area contributed by atoms with Crippen molar-refractivity contribution >= 4 is 24.2 Å². The number of rotatable bonds is 1. The molecule has 0 saturated heterocycles. The summed E-state index contributed by atoms with van der Waals surface area (Å²) < 4.78 is 0.265. The highest BCUT2D eigenvalue weighted by Crippen LogP contribution is 1.98. The van der Waals surface area contributed by atoms with Crippen LogP contribution in [-0.2, 0) is 0 Å². The Kier molecular flexibility index (Phi) is 2.76. The third-order valence-corrected chi connectivity index (χ3v) is 1.64. The lowest BCUT2D eigenvalue weighted by Crippen LogP contribution is -2.35. The Balaban J connectivity index is 2.96. The highest BCUT2D eigenvalue weighted by Gasteiger charge is 2.08. The molecule has 0 atom stereocenters. The average Bonchev–Trinajstić information content (AvgIpc) is 2.03. The number of imide groups is 1. The normalized spacial score (nSPS) is 9.23. The van der Waals surface area contributed by atoms with Crippen molar-refractivity contribution in [3.05, 3.63) is 28.5 Å². The van der Waals surface area contributed by atoms with E-state index in [1.54, 1.807) is 12.3 Å². The van der Waals surface area contributed by atoms with E-state index in [9.17, 15) is 9.59 Å². The summed E-state index contributed by atoms with van der Waals surface area (Å²) in [7, 11) is 0. The van der Waals surface area contributed by atoms with Gasteiger partial charge >= 0.3 is 6.03 Å². The number of carbonyl (C=O) groups is 2. The van der Waals surface area contributed by atoms with Crippen LogP contribution in [0.1, 0.15) is 10.4 Å². The van der Waals surface area contributed by atoms with Gasteiger partial charge in [0.2, 0.25) is 0 Å². The van der Waals surface area contributed by atoms with Gasteiger partial charge in [-0.05, 0) is 12.1 Å². The molecule has 68 valence electrons. The first-order valence-electron chi connectivity index (χ1n) is 3.40. The Bertz CT molecular complexity index is 399. The van der Waals surface area contributed by atoms with Crippen molar-refractivity contribution in [2.45, 2.75) is 0 Å². The Morgan fingerprint density at radius 3 is 2.77 bits per heavy atom. The average molecular weight is 197 g/mol. The summed E-state index contributed by atoms with van der Waals surface area (Å²) >= 11 is 4.81. The van der Waals surface area contributed by atoms with Crippen molar-refractivity contribution in [1.82, 2.24) is 10.3 Å². The number of aromatic nitrogens is 1. The lowest BCUT2D eigenvalue weighted by molar-refractivity contribution is 0.0965. The van der Waals surface area contributed by atoms with Crippen molar-refractivity contribution in [3.8, 4) is 0 Å². The number of nitrogens with one attached hydrogen (secondary N) is 2. The molecule has 0 aliphatic rings. The smallest absolute Gasteiger partial charge is 0.319 e. The number of pyridine rings is 1. The first-order chi connectivity index (χ1) is 6.11. The quantitative estimate of drug-likeness (QED) is 0.574. The molecule has 4 N–H and O–H groups in total. The molecule has 6 heteroatoms. The third-order valence-electron chi connectivity index (χ3n) is 1.30. The molecule has 1 aromatic heterocycles. The van der Waals surface area contributed by atoms with E-state index < -0.39 is 11.9 Å². The van der Waals surface area contributed by atoms with Crippen LogP contribution in [0.3, 0.4) is 0 Å². The molecular formula is C7H7N3O2S. The van der Waals surface area contributed by atoms with E-state index in [0.717, 1.165) is 0 Å². The minimum atomic E-state index is -0.900. The van der Waals surface area contributed by atoms with Crippen molar-refractivity contribution in [2.24, 2.45) is 5.73 Å². The number of hydrogen-bond donors (Lipinski definition) is 3. The van der Waals surface area contributed by atoms with Gasteiger partial charge in [0.1, 0.15) is 4.64 Å². The molecule has 0 radical (unpaired) electrons. The molecule has 1 heterocycles. The maximum atomic E-state index is 11.2. The molecule has 0 fully saturated rings. The van der Waals surface area contributed by atoms with Gasteiger partial charge in [-0.3, -0.25) is 10.1 Å². The lowest BCUT2D eigenvalue weighted by atomic mass is 10.3. The summed E-state index contributed by atoms with van der Waals surface area (Å²) in [6.07, 6.45) is 1.59. The third kappa shape index (κ3) is 2.38. The molecule has 1 rings (SSSR count). The molecule has 0 aromatic carbocycles. The summed E-state index contributed by atoms with van der Waals surface area (Å²) in [4.78, 5) is 24.2. The maximum absolute atomic E-state index is 11.2. The number of carbonyl (C=O) groups excluding carboxylic acids is 2. The van der Waals surface area contributed by atoms with Crippen molar-refractivity contribution < 1.29 is 9.59 Å². The monoisotopic (exact) mass is 197 g/mol. The zero-order valence-electron chi connectivity index (χ0n) is 6.53. The zero-order chi connectivity index (χ0) is 9.84. The lowest BCUT2D eigenvalue weighted by Gasteiger charge is -1.99. The number of primary amides is 1. The molecular weight excluding hydrogens is 190 g/mol. The summed E-state index contributed by atoms with van der Waals surface area (Å²) in [5, 5.41) is 1.91. The molecule has 0 unspecified atom stereocenters. The minimum absolute atomic E-state index is 0.219. The Morgan fingerprint density at radius 2 is 2.23 bits per heavy atom. The van der Waals surface area contributed by atoms with Crippen molar-refractivity contribution in [3.63, 3.8) is 0 Å². The second kappa shape index (κ2) is 3.81. The minimum Gasteiger partial charge on any atom is -0.352 e. The Hall–Kier alpha value is -1.69. The first-order valence-corrected chi connectivity index (χ1v) is 3.80. The summed E-state index contributed by atoms with van der Waals surface area (Å²) in [5.74, 6) is -0.602. The molecule has 0 aliphatic carbocycles. The number of aromatic amines is 1. The summed E-state index contributed by atoms with van der Waals surface area (Å²) in [6, 6.07) is 2.20. The highest BCUT2D eigenvalue weighted by atomic mass is 32.1. The standard InChI is InChI=1S/C7H7N3O2S/c8-7(12)10-5(11)4-2-1-3-9-6(4)13/h1-3H,(H,9,13)(H3,8,10,11,12). The fourth-order valence-corrected chi connectivity index (χ4v) is 1.01. The van der Waals surface area contributed by atoms with Crippen LogP contribution in [0, 0.1) is 4.64 Å². The van der Waals surface area contributed by atoms with Gasteiger partial charge in [-0.25, -0.2) is 4.79 Å². The van der Waals surface area contributed by atoms with E-state index >= 15 is 0 Å². The SMILES string of the molecule is NC(=O)NC(=O)c1ccc[nH]c1=S. The van der Waals surface area contributed by atoms with E-state index in [4.69, 9.17) is 18.0 Å². The molecule has 5 nitrogen and oxygen atoms in total. The second-order valence-corrected chi connectivity index (χ2v) is 2.64. The van der Waals surface area contributed by atoms with Crippen LogP contribution in [0.25, 0.3) is 0 Å². The van der Waals surface area contributed by atoms with Gasteiger partial charge in [0, 0.05) is 6.20 Å². The van der Waals surface area contributed by atoms with Gasteiger partial charge in [-0.15, -0.1) is 0 Å². The number of amides is 3. The number of nitrogens with two attached hydrogens (primary N) is 1. The van der Waals surface area contributed by atoms with Gasteiger partial charge in [0.25, 0.3) is 5.91 Å². The molecule has 0 bridgehead atoms. The Labute approximate surface area is 79.0 Å². The molecule has 0 saturated carbocycles. The van der Waals surface area contributed by atoms with Gasteiger partial charge in [0.05, 0.1) is 5.56 Å². The van der Waals surface area contributed by atoms with Gasteiger partial charge < -0.3 is 10.7 Å². The molecule has 3 amide bonds.